The highest BCUT2D eigenvalue weighted by Gasteiger charge is 2.40. The lowest BCUT2D eigenvalue weighted by Crippen LogP contribution is -2.20. The van der Waals surface area contributed by atoms with Crippen molar-refractivity contribution in [3.05, 3.63) is 52.2 Å². The van der Waals surface area contributed by atoms with Gasteiger partial charge in [0, 0.05) is 23.2 Å². The molecule has 0 spiro atoms. The van der Waals surface area contributed by atoms with Gasteiger partial charge in [-0.1, -0.05) is 0 Å². The van der Waals surface area contributed by atoms with Crippen LogP contribution in [0.2, 0.25) is 0 Å². The number of benzene rings is 2. The quantitative estimate of drug-likeness (QED) is 0.691. The fourth-order valence-corrected chi connectivity index (χ4v) is 3.91. The summed E-state index contributed by atoms with van der Waals surface area (Å²) >= 11 is 0. The van der Waals surface area contributed by atoms with Gasteiger partial charge < -0.3 is 34.5 Å². The number of nitrogens with one attached hydrogen (secondary N) is 1. The smallest absolute Gasteiger partial charge is 0.337 e. The second-order valence-corrected chi connectivity index (χ2v) is 6.71. The third kappa shape index (κ3) is 2.31. The fraction of sp³-hybridized carbons (Fsp3) is 0.250. The van der Waals surface area contributed by atoms with Gasteiger partial charge in [-0.3, -0.25) is 0 Å². The predicted octanol–water partition coefficient (Wildman–Crippen LogP) is 1.99. The van der Waals surface area contributed by atoms with E-state index in [0.29, 0.717) is 33.9 Å². The zero-order valence-corrected chi connectivity index (χ0v) is 14.9. The van der Waals surface area contributed by atoms with Crippen molar-refractivity contribution in [1.82, 2.24) is 0 Å². The standard InChI is InChI=1S/C20H17NO7/c1-25-16-3-9(2-10(6-22)19(16)23)17-11-4-14-15(28-8-27-14)5-12(11)21-13-7-26-20(24)18(13)17/h2-5,17,21-23H,6-8H2,1H3. The van der Waals surface area contributed by atoms with Crippen LogP contribution < -0.4 is 19.5 Å². The first kappa shape index (κ1) is 16.8. The lowest BCUT2D eigenvalue weighted by Gasteiger charge is -2.28. The summed E-state index contributed by atoms with van der Waals surface area (Å²) < 4.78 is 21.5. The molecule has 0 saturated heterocycles. The van der Waals surface area contributed by atoms with Crippen molar-refractivity contribution in [1.29, 1.82) is 0 Å². The Balaban J connectivity index is 1.75. The number of hydrogen-bond donors (Lipinski definition) is 3. The van der Waals surface area contributed by atoms with Crippen LogP contribution in [0.15, 0.2) is 35.5 Å². The topological polar surface area (TPSA) is 106 Å². The highest BCUT2D eigenvalue weighted by molar-refractivity contribution is 5.97. The second kappa shape index (κ2) is 6.07. The maximum Gasteiger partial charge on any atom is 0.337 e. The molecule has 3 heterocycles. The molecule has 5 rings (SSSR count). The van der Waals surface area contributed by atoms with Crippen LogP contribution in [0.5, 0.6) is 23.0 Å². The number of aromatic hydroxyl groups is 1. The number of anilines is 1. The maximum absolute atomic E-state index is 12.5. The number of aliphatic hydroxyl groups excluding tert-OH is 1. The highest BCUT2D eigenvalue weighted by Crippen LogP contribution is 2.50. The Morgan fingerprint density at radius 2 is 1.96 bits per heavy atom. The number of fused-ring (bicyclic) bond motifs is 2. The number of carbonyl (C=O) groups is 1. The minimum absolute atomic E-state index is 0.128. The number of methoxy groups -OCH3 is 1. The molecule has 28 heavy (non-hydrogen) atoms. The number of rotatable bonds is 3. The Kier molecular flexibility index (Phi) is 3.63. The van der Waals surface area contributed by atoms with Gasteiger partial charge in [0.05, 0.1) is 25.0 Å². The van der Waals surface area contributed by atoms with E-state index in [4.69, 9.17) is 18.9 Å². The van der Waals surface area contributed by atoms with Gasteiger partial charge in [-0.25, -0.2) is 4.79 Å². The van der Waals surface area contributed by atoms with Crippen LogP contribution in [-0.4, -0.2) is 36.7 Å². The van der Waals surface area contributed by atoms with E-state index >= 15 is 0 Å². The molecule has 2 aromatic rings. The molecular formula is C20H17NO7. The molecule has 0 saturated carbocycles. The van der Waals surface area contributed by atoms with E-state index < -0.39 is 11.9 Å². The van der Waals surface area contributed by atoms with E-state index in [1.54, 1.807) is 12.1 Å². The SMILES string of the molecule is COc1cc(C2C3=C(COC3=O)Nc3cc4c(cc32)OCO4)cc(CO)c1O. The van der Waals surface area contributed by atoms with Crippen LogP contribution in [-0.2, 0) is 16.1 Å². The molecule has 1 unspecified atom stereocenters. The average Bonchev–Trinajstić information content (AvgIpc) is 3.31. The van der Waals surface area contributed by atoms with Crippen molar-refractivity contribution in [2.45, 2.75) is 12.5 Å². The molecule has 0 aliphatic carbocycles. The van der Waals surface area contributed by atoms with Crippen molar-refractivity contribution in [3.63, 3.8) is 0 Å². The van der Waals surface area contributed by atoms with Gasteiger partial charge in [0.25, 0.3) is 0 Å². The molecule has 3 aliphatic heterocycles. The van der Waals surface area contributed by atoms with Gasteiger partial charge in [0.2, 0.25) is 6.79 Å². The Morgan fingerprint density at radius 3 is 2.71 bits per heavy atom. The molecule has 0 amide bonds. The van der Waals surface area contributed by atoms with E-state index in [1.807, 2.05) is 12.1 Å². The van der Waals surface area contributed by atoms with Crippen molar-refractivity contribution < 1.29 is 34.0 Å². The lowest BCUT2D eigenvalue weighted by molar-refractivity contribution is -0.136. The summed E-state index contributed by atoms with van der Waals surface area (Å²) in [7, 11) is 1.43. The summed E-state index contributed by atoms with van der Waals surface area (Å²) in [5.74, 6) is 0.421. The molecule has 1 atom stereocenters. The average molecular weight is 383 g/mol. The Hall–Kier alpha value is -3.39. The summed E-state index contributed by atoms with van der Waals surface area (Å²) in [6, 6.07) is 7.00. The Morgan fingerprint density at radius 1 is 1.18 bits per heavy atom. The lowest BCUT2D eigenvalue weighted by atomic mass is 9.80. The van der Waals surface area contributed by atoms with Gasteiger partial charge in [-0.05, 0) is 29.3 Å². The van der Waals surface area contributed by atoms with Crippen LogP contribution in [0.25, 0.3) is 0 Å². The number of hydrogen-bond acceptors (Lipinski definition) is 8. The third-order valence-electron chi connectivity index (χ3n) is 5.22. The van der Waals surface area contributed by atoms with Crippen LogP contribution in [0.4, 0.5) is 5.69 Å². The van der Waals surface area contributed by atoms with Crippen LogP contribution in [0, 0.1) is 0 Å². The zero-order chi connectivity index (χ0) is 19.4. The van der Waals surface area contributed by atoms with Gasteiger partial charge >= 0.3 is 5.97 Å². The van der Waals surface area contributed by atoms with E-state index in [0.717, 1.165) is 11.3 Å². The third-order valence-corrected chi connectivity index (χ3v) is 5.22. The molecular weight excluding hydrogens is 366 g/mol. The number of cyclic esters (lactones) is 1. The predicted molar refractivity (Wildman–Crippen MR) is 96.6 cm³/mol. The summed E-state index contributed by atoms with van der Waals surface area (Å²) in [6.45, 7) is -0.0776. The first-order valence-electron chi connectivity index (χ1n) is 8.72. The molecule has 2 aromatic carbocycles. The fourth-order valence-electron chi connectivity index (χ4n) is 3.91. The van der Waals surface area contributed by atoms with Crippen molar-refractivity contribution in [3.8, 4) is 23.0 Å². The molecule has 8 nitrogen and oxygen atoms in total. The van der Waals surface area contributed by atoms with Crippen molar-refractivity contribution in [2.24, 2.45) is 0 Å². The van der Waals surface area contributed by atoms with Crippen LogP contribution in [0.3, 0.4) is 0 Å². The summed E-state index contributed by atoms with van der Waals surface area (Å²) in [5, 5.41) is 23.1. The molecule has 0 bridgehead atoms. The van der Waals surface area contributed by atoms with Crippen LogP contribution >= 0.6 is 0 Å². The molecule has 0 radical (unpaired) electrons. The number of carbonyl (C=O) groups excluding carboxylic acids is 1. The van der Waals surface area contributed by atoms with Gasteiger partial charge in [0.1, 0.15) is 6.61 Å². The highest BCUT2D eigenvalue weighted by atomic mass is 16.7. The largest absolute Gasteiger partial charge is 0.504 e. The van der Waals surface area contributed by atoms with Gasteiger partial charge in [-0.15, -0.1) is 0 Å². The summed E-state index contributed by atoms with van der Waals surface area (Å²) in [5.41, 5.74) is 3.75. The Labute approximate surface area is 159 Å². The number of phenols is 1. The first-order chi connectivity index (χ1) is 13.6. The van der Waals surface area contributed by atoms with Crippen molar-refractivity contribution >= 4 is 11.7 Å². The minimum Gasteiger partial charge on any atom is -0.504 e. The normalized spacial score (nSPS) is 19.1. The van der Waals surface area contributed by atoms with Gasteiger partial charge in [0.15, 0.2) is 23.0 Å². The molecule has 8 heteroatoms. The van der Waals surface area contributed by atoms with Crippen LogP contribution in [0.1, 0.15) is 22.6 Å². The van der Waals surface area contributed by atoms with Gasteiger partial charge in [-0.2, -0.15) is 0 Å². The molecule has 3 N–H and O–H groups in total. The van der Waals surface area contributed by atoms with E-state index in [-0.39, 0.29) is 31.5 Å². The van der Waals surface area contributed by atoms with E-state index in [1.165, 1.54) is 7.11 Å². The summed E-state index contributed by atoms with van der Waals surface area (Å²) in [6.07, 6.45) is 0. The second-order valence-electron chi connectivity index (χ2n) is 6.71. The number of aliphatic hydroxyl groups is 1. The van der Waals surface area contributed by atoms with E-state index in [2.05, 4.69) is 5.32 Å². The molecule has 144 valence electrons. The Bertz CT molecular complexity index is 1020. The summed E-state index contributed by atoms with van der Waals surface area (Å²) in [4.78, 5) is 12.5. The first-order valence-corrected chi connectivity index (χ1v) is 8.72. The minimum atomic E-state index is -0.476. The zero-order valence-electron chi connectivity index (χ0n) is 14.9. The number of ether oxygens (including phenoxy) is 4. The maximum atomic E-state index is 12.5. The van der Waals surface area contributed by atoms with E-state index in [9.17, 15) is 15.0 Å². The number of esters is 1. The molecule has 3 aliphatic rings. The molecule has 0 fully saturated rings. The van der Waals surface area contributed by atoms with Crippen molar-refractivity contribution in [2.75, 3.05) is 25.8 Å². The monoisotopic (exact) mass is 383 g/mol. The molecule has 0 aromatic heterocycles.